The predicted molar refractivity (Wildman–Crippen MR) is 143 cm³/mol. The summed E-state index contributed by atoms with van der Waals surface area (Å²) in [5, 5.41) is 6.73. The number of benzene rings is 1. The molecule has 0 bridgehead atoms. The summed E-state index contributed by atoms with van der Waals surface area (Å²) in [6.07, 6.45) is 3.46. The van der Waals surface area contributed by atoms with E-state index in [4.69, 9.17) is 14.7 Å². The lowest BCUT2D eigenvalue weighted by atomic mass is 10.2. The van der Waals surface area contributed by atoms with Crippen molar-refractivity contribution in [1.82, 2.24) is 24.8 Å². The van der Waals surface area contributed by atoms with Crippen LogP contribution in [0.4, 0.5) is 23.5 Å². The van der Waals surface area contributed by atoms with Gasteiger partial charge in [-0.25, -0.2) is 0 Å². The van der Waals surface area contributed by atoms with Crippen LogP contribution in [-0.2, 0) is 0 Å². The van der Waals surface area contributed by atoms with Crippen LogP contribution in [0.25, 0.3) is 0 Å². The minimum Gasteiger partial charge on any atom is -0.495 e. The molecule has 1 aliphatic heterocycles. The van der Waals surface area contributed by atoms with Crippen molar-refractivity contribution in [3.8, 4) is 5.75 Å². The molecule has 9 nitrogen and oxygen atoms in total. The van der Waals surface area contributed by atoms with Crippen LogP contribution in [0.2, 0.25) is 0 Å². The monoisotopic (exact) mass is 492 g/mol. The quantitative estimate of drug-likeness (QED) is 0.431. The van der Waals surface area contributed by atoms with Crippen LogP contribution < -0.4 is 20.3 Å². The van der Waals surface area contributed by atoms with Crippen molar-refractivity contribution in [3.63, 3.8) is 0 Å². The molecule has 0 radical (unpaired) electrons. The van der Waals surface area contributed by atoms with E-state index in [1.165, 1.54) is 12.8 Å². The lowest BCUT2D eigenvalue weighted by molar-refractivity contribution is 0.228. The van der Waals surface area contributed by atoms with E-state index in [0.29, 0.717) is 17.8 Å². The molecule has 1 aromatic carbocycles. The number of methoxy groups -OCH3 is 1. The zero-order valence-electron chi connectivity index (χ0n) is 21.3. The first-order valence-electron chi connectivity index (χ1n) is 12.0. The molecule has 1 fully saturated rings. The average molecular weight is 493 g/mol. The Hall–Kier alpha value is -2.36. The minimum absolute atomic E-state index is 0. The number of unbranched alkanes of at least 4 members (excludes halogenated alkanes) is 2. The van der Waals surface area contributed by atoms with E-state index in [1.807, 2.05) is 25.1 Å². The predicted octanol–water partition coefficient (Wildman–Crippen LogP) is 3.64. The Morgan fingerprint density at radius 3 is 2.44 bits per heavy atom. The van der Waals surface area contributed by atoms with Crippen molar-refractivity contribution < 1.29 is 4.74 Å². The molecule has 10 heteroatoms. The molecule has 0 saturated carbocycles. The maximum Gasteiger partial charge on any atom is 0.233 e. The molecule has 1 aliphatic rings. The topological polar surface area (TPSA) is 81.7 Å². The summed E-state index contributed by atoms with van der Waals surface area (Å²) in [4.78, 5) is 21.1. The van der Waals surface area contributed by atoms with Crippen molar-refractivity contribution in [2.75, 3.05) is 82.6 Å². The highest BCUT2D eigenvalue weighted by Crippen LogP contribution is 2.28. The summed E-state index contributed by atoms with van der Waals surface area (Å²) in [6, 6.07) is 6.04. The number of nitrogens with zero attached hydrogens (tertiary/aromatic N) is 6. The number of hydrogen-bond acceptors (Lipinski definition) is 9. The van der Waals surface area contributed by atoms with Crippen molar-refractivity contribution >= 4 is 35.9 Å². The van der Waals surface area contributed by atoms with Gasteiger partial charge in [-0.15, -0.1) is 12.4 Å². The molecular formula is C24H41ClN8O. The van der Waals surface area contributed by atoms with Gasteiger partial charge in [0, 0.05) is 45.8 Å². The van der Waals surface area contributed by atoms with Gasteiger partial charge in [0.2, 0.25) is 17.8 Å². The molecular weight excluding hydrogens is 452 g/mol. The number of hydrogen-bond donors (Lipinski definition) is 2. The van der Waals surface area contributed by atoms with Gasteiger partial charge in [-0.1, -0.05) is 25.8 Å². The fourth-order valence-electron chi connectivity index (χ4n) is 3.75. The fraction of sp³-hybridized carbons (Fsp3) is 0.625. The molecule has 2 aromatic rings. The number of halogens is 1. The molecule has 3 rings (SSSR count). The molecule has 0 spiro atoms. The van der Waals surface area contributed by atoms with Gasteiger partial charge in [0.05, 0.1) is 12.8 Å². The second-order valence-electron chi connectivity index (χ2n) is 8.88. The summed E-state index contributed by atoms with van der Waals surface area (Å²) < 4.78 is 5.55. The number of ether oxygens (including phenoxy) is 1. The Balaban J connectivity index is 0.00000408. The molecule has 1 aromatic heterocycles. The van der Waals surface area contributed by atoms with E-state index >= 15 is 0 Å². The van der Waals surface area contributed by atoms with Crippen LogP contribution in [0.5, 0.6) is 5.75 Å². The van der Waals surface area contributed by atoms with Crippen LogP contribution in [0, 0.1) is 6.92 Å². The molecule has 190 valence electrons. The Labute approximate surface area is 210 Å². The molecule has 34 heavy (non-hydrogen) atoms. The number of aryl methyl sites for hydroxylation is 1. The summed E-state index contributed by atoms with van der Waals surface area (Å²) in [6.45, 7) is 11.1. The van der Waals surface area contributed by atoms with E-state index in [1.54, 1.807) is 7.11 Å². The molecule has 0 unspecified atom stereocenters. The summed E-state index contributed by atoms with van der Waals surface area (Å²) in [7, 11) is 5.91. The maximum atomic E-state index is 5.55. The second kappa shape index (κ2) is 14.1. The average Bonchev–Trinajstić information content (AvgIpc) is 2.82. The highest BCUT2D eigenvalue weighted by Gasteiger charge is 2.21. The molecule has 0 amide bonds. The van der Waals surface area contributed by atoms with Crippen LogP contribution in [0.3, 0.4) is 0 Å². The third-order valence-corrected chi connectivity index (χ3v) is 5.81. The third-order valence-electron chi connectivity index (χ3n) is 5.81. The van der Waals surface area contributed by atoms with Gasteiger partial charge in [-0.3, -0.25) is 4.90 Å². The van der Waals surface area contributed by atoms with E-state index in [-0.39, 0.29) is 12.4 Å². The zero-order valence-corrected chi connectivity index (χ0v) is 22.1. The van der Waals surface area contributed by atoms with Crippen LogP contribution in [0.1, 0.15) is 31.7 Å². The number of rotatable bonds is 12. The largest absolute Gasteiger partial charge is 0.495 e. The van der Waals surface area contributed by atoms with Gasteiger partial charge >= 0.3 is 0 Å². The van der Waals surface area contributed by atoms with Crippen molar-refractivity contribution in [2.24, 2.45) is 0 Å². The number of nitrogens with one attached hydrogen (secondary N) is 2. The summed E-state index contributed by atoms with van der Waals surface area (Å²) in [5.41, 5.74) is 1.98. The van der Waals surface area contributed by atoms with Crippen LogP contribution in [-0.4, -0.2) is 91.8 Å². The summed E-state index contributed by atoms with van der Waals surface area (Å²) in [5.74, 6) is 2.61. The SMILES string of the molecule is CCCCCNc1nc(Nc2ccc(C)cc2OC)nc(N2CCN(CCN(C)C)CC2)n1.Cl. The zero-order chi connectivity index (χ0) is 23.6. The van der Waals surface area contributed by atoms with Crippen LogP contribution >= 0.6 is 12.4 Å². The lowest BCUT2D eigenvalue weighted by Crippen LogP contribution is -2.48. The Morgan fingerprint density at radius 1 is 1.03 bits per heavy atom. The first kappa shape index (κ1) is 27.9. The standard InChI is InChI=1S/C24H40N8O.ClH/c1-6-7-8-11-25-22-27-23(26-20-10-9-19(2)18-21(20)33-5)29-24(28-22)32-16-14-31(15-17-32)13-12-30(3)4;/h9-10,18H,6-8,11-17H2,1-5H3,(H2,25,26,27,28,29);1H. The van der Waals surface area contributed by atoms with Gasteiger partial charge in [-0.05, 0) is 45.1 Å². The van der Waals surface area contributed by atoms with Crippen molar-refractivity contribution in [3.05, 3.63) is 23.8 Å². The normalized spacial score (nSPS) is 14.1. The molecule has 0 aliphatic carbocycles. The highest BCUT2D eigenvalue weighted by atomic mass is 35.5. The lowest BCUT2D eigenvalue weighted by Gasteiger charge is -2.35. The first-order chi connectivity index (χ1) is 16.0. The number of anilines is 4. The van der Waals surface area contributed by atoms with E-state index in [9.17, 15) is 0 Å². The first-order valence-corrected chi connectivity index (χ1v) is 12.0. The van der Waals surface area contributed by atoms with Gasteiger partial charge < -0.3 is 25.2 Å². The molecule has 2 heterocycles. The van der Waals surface area contributed by atoms with Gasteiger partial charge in [-0.2, -0.15) is 15.0 Å². The van der Waals surface area contributed by atoms with Gasteiger partial charge in [0.15, 0.2) is 0 Å². The highest BCUT2D eigenvalue weighted by molar-refractivity contribution is 5.85. The van der Waals surface area contributed by atoms with E-state index in [0.717, 1.165) is 69.2 Å². The smallest absolute Gasteiger partial charge is 0.233 e. The second-order valence-corrected chi connectivity index (χ2v) is 8.88. The number of aromatic nitrogens is 3. The molecule has 2 N–H and O–H groups in total. The Kier molecular flexibility index (Phi) is 11.6. The minimum atomic E-state index is 0. The Bertz CT molecular complexity index is 874. The van der Waals surface area contributed by atoms with E-state index in [2.05, 4.69) is 51.3 Å². The molecule has 0 atom stereocenters. The maximum absolute atomic E-state index is 5.55. The number of piperazine rings is 1. The van der Waals surface area contributed by atoms with Crippen molar-refractivity contribution in [1.29, 1.82) is 0 Å². The molecule has 1 saturated heterocycles. The third kappa shape index (κ3) is 8.45. The van der Waals surface area contributed by atoms with E-state index < -0.39 is 0 Å². The van der Waals surface area contributed by atoms with Crippen LogP contribution in [0.15, 0.2) is 18.2 Å². The fourth-order valence-corrected chi connectivity index (χ4v) is 3.75. The summed E-state index contributed by atoms with van der Waals surface area (Å²) >= 11 is 0. The van der Waals surface area contributed by atoms with Gasteiger partial charge in [0.1, 0.15) is 5.75 Å². The van der Waals surface area contributed by atoms with Crippen molar-refractivity contribution in [2.45, 2.75) is 33.1 Å². The Morgan fingerprint density at radius 2 is 1.76 bits per heavy atom. The number of likely N-dealkylation sites (N-methyl/N-ethyl adjacent to an activating group) is 1. The van der Waals surface area contributed by atoms with Gasteiger partial charge in [0.25, 0.3) is 0 Å².